The number of hydrogen-bond acceptors (Lipinski definition) is 3. The van der Waals surface area contributed by atoms with Gasteiger partial charge in [0.1, 0.15) is 6.61 Å². The smallest absolute Gasteiger partial charge is 0.162 e. The Balaban J connectivity index is 1.64. The average molecular weight is 402 g/mol. The molecule has 1 aliphatic rings. The van der Waals surface area contributed by atoms with Crippen LogP contribution < -0.4 is 14.8 Å². The van der Waals surface area contributed by atoms with Crippen molar-refractivity contribution >= 4 is 0 Å². The van der Waals surface area contributed by atoms with Crippen LogP contribution in [0.2, 0.25) is 0 Å². The van der Waals surface area contributed by atoms with Crippen LogP contribution in [0.15, 0.2) is 66.7 Å². The second-order valence-corrected chi connectivity index (χ2v) is 8.99. The van der Waals surface area contributed by atoms with Crippen LogP contribution in [-0.2, 0) is 18.4 Å². The molecule has 0 radical (unpaired) electrons. The van der Waals surface area contributed by atoms with Crippen molar-refractivity contribution in [2.24, 2.45) is 0 Å². The monoisotopic (exact) mass is 401 g/mol. The fraction of sp³-hybridized carbons (Fsp3) is 0.333. The van der Waals surface area contributed by atoms with Crippen LogP contribution in [0.3, 0.4) is 0 Å². The van der Waals surface area contributed by atoms with Gasteiger partial charge in [-0.15, -0.1) is 0 Å². The summed E-state index contributed by atoms with van der Waals surface area (Å²) in [6.07, 6.45) is 0.987. The number of ether oxygens (including phenoxy) is 2. The molecule has 0 aliphatic carbocycles. The number of fused-ring (bicyclic) bond motifs is 1. The van der Waals surface area contributed by atoms with Crippen molar-refractivity contribution in [2.75, 3.05) is 13.7 Å². The summed E-state index contributed by atoms with van der Waals surface area (Å²) in [4.78, 5) is 0. The molecule has 1 heterocycles. The predicted molar refractivity (Wildman–Crippen MR) is 122 cm³/mol. The van der Waals surface area contributed by atoms with E-state index in [1.165, 1.54) is 22.3 Å². The zero-order chi connectivity index (χ0) is 21.1. The molecule has 4 rings (SSSR count). The second-order valence-electron chi connectivity index (χ2n) is 8.99. The molecule has 3 aromatic carbocycles. The van der Waals surface area contributed by atoms with Crippen LogP contribution >= 0.6 is 0 Å². The molecular formula is C27H31NO2. The van der Waals surface area contributed by atoms with Crippen LogP contribution in [0.1, 0.15) is 54.6 Å². The van der Waals surface area contributed by atoms with Crippen molar-refractivity contribution in [3.05, 3.63) is 94.5 Å². The summed E-state index contributed by atoms with van der Waals surface area (Å²) >= 11 is 0. The highest BCUT2D eigenvalue weighted by Gasteiger charge is 2.24. The largest absolute Gasteiger partial charge is 0.493 e. The van der Waals surface area contributed by atoms with E-state index in [9.17, 15) is 0 Å². The molecule has 0 bridgehead atoms. The number of hydrogen-bond donors (Lipinski definition) is 1. The summed E-state index contributed by atoms with van der Waals surface area (Å²) < 4.78 is 11.8. The van der Waals surface area contributed by atoms with E-state index in [2.05, 4.69) is 74.6 Å². The van der Waals surface area contributed by atoms with Crippen molar-refractivity contribution in [1.29, 1.82) is 0 Å². The van der Waals surface area contributed by atoms with Crippen molar-refractivity contribution in [3.8, 4) is 11.5 Å². The summed E-state index contributed by atoms with van der Waals surface area (Å²) in [5.41, 5.74) is 6.52. The summed E-state index contributed by atoms with van der Waals surface area (Å²) in [6.45, 7) is 8.22. The van der Waals surface area contributed by atoms with Crippen molar-refractivity contribution < 1.29 is 9.47 Å². The molecule has 1 N–H and O–H groups in total. The van der Waals surface area contributed by atoms with Crippen LogP contribution in [0, 0.1) is 0 Å². The van der Waals surface area contributed by atoms with E-state index in [4.69, 9.17) is 9.47 Å². The van der Waals surface area contributed by atoms with Gasteiger partial charge >= 0.3 is 0 Å². The molecule has 1 atom stereocenters. The molecule has 0 saturated heterocycles. The normalized spacial score (nSPS) is 16.1. The first-order valence-corrected chi connectivity index (χ1v) is 10.7. The highest BCUT2D eigenvalue weighted by molar-refractivity contribution is 5.52. The maximum Gasteiger partial charge on any atom is 0.162 e. The second kappa shape index (κ2) is 8.53. The van der Waals surface area contributed by atoms with Gasteiger partial charge in [-0.1, -0.05) is 75.4 Å². The average Bonchev–Trinajstić information content (AvgIpc) is 2.77. The molecule has 30 heavy (non-hydrogen) atoms. The fourth-order valence-corrected chi connectivity index (χ4v) is 4.04. The quantitative estimate of drug-likeness (QED) is 0.585. The molecule has 0 spiro atoms. The Kier molecular flexibility index (Phi) is 5.83. The number of nitrogens with one attached hydrogen (secondary N) is 1. The van der Waals surface area contributed by atoms with Crippen molar-refractivity contribution in [3.63, 3.8) is 0 Å². The zero-order valence-electron chi connectivity index (χ0n) is 18.4. The SMILES string of the molecule is COc1cc2c(cc1OCc1ccccc1)C(c1ccc(C(C)(C)C)cc1)NCC2. The Morgan fingerprint density at radius 1 is 0.933 bits per heavy atom. The predicted octanol–water partition coefficient (Wildman–Crippen LogP) is 5.81. The van der Waals surface area contributed by atoms with Gasteiger partial charge in [0, 0.05) is 6.54 Å². The Hall–Kier alpha value is -2.78. The summed E-state index contributed by atoms with van der Waals surface area (Å²) in [7, 11) is 1.71. The van der Waals surface area contributed by atoms with Gasteiger partial charge in [0.25, 0.3) is 0 Å². The molecule has 156 valence electrons. The third-order valence-electron chi connectivity index (χ3n) is 5.83. The third-order valence-corrected chi connectivity index (χ3v) is 5.83. The third kappa shape index (κ3) is 4.36. The molecule has 0 saturated carbocycles. The molecule has 1 unspecified atom stereocenters. The number of benzene rings is 3. The zero-order valence-corrected chi connectivity index (χ0v) is 18.4. The van der Waals surface area contributed by atoms with Crippen LogP contribution in [0.5, 0.6) is 11.5 Å². The number of rotatable bonds is 5. The van der Waals surface area contributed by atoms with E-state index in [0.717, 1.165) is 30.0 Å². The minimum atomic E-state index is 0.155. The van der Waals surface area contributed by atoms with Crippen LogP contribution in [-0.4, -0.2) is 13.7 Å². The van der Waals surface area contributed by atoms with E-state index in [-0.39, 0.29) is 11.5 Å². The first kappa shape index (κ1) is 20.5. The first-order valence-electron chi connectivity index (χ1n) is 10.7. The van der Waals surface area contributed by atoms with Gasteiger partial charge in [0.05, 0.1) is 13.2 Å². The Morgan fingerprint density at radius 3 is 2.33 bits per heavy atom. The topological polar surface area (TPSA) is 30.5 Å². The van der Waals surface area contributed by atoms with Crippen molar-refractivity contribution in [2.45, 2.75) is 45.3 Å². The Morgan fingerprint density at radius 2 is 1.67 bits per heavy atom. The minimum Gasteiger partial charge on any atom is -0.493 e. The van der Waals surface area contributed by atoms with Crippen molar-refractivity contribution in [1.82, 2.24) is 5.32 Å². The van der Waals surface area contributed by atoms with Gasteiger partial charge < -0.3 is 14.8 Å². The lowest BCUT2D eigenvalue weighted by Gasteiger charge is -2.29. The van der Waals surface area contributed by atoms with Gasteiger partial charge in [-0.3, -0.25) is 0 Å². The summed E-state index contributed by atoms with van der Waals surface area (Å²) in [5.74, 6) is 1.59. The lowest BCUT2D eigenvalue weighted by Crippen LogP contribution is -2.30. The van der Waals surface area contributed by atoms with Gasteiger partial charge in [-0.05, 0) is 51.8 Å². The maximum atomic E-state index is 6.18. The lowest BCUT2D eigenvalue weighted by molar-refractivity contribution is 0.283. The summed E-state index contributed by atoms with van der Waals surface area (Å²) in [6, 6.07) is 23.7. The van der Waals surface area contributed by atoms with E-state index < -0.39 is 0 Å². The van der Waals surface area contributed by atoms with E-state index in [0.29, 0.717) is 6.61 Å². The van der Waals surface area contributed by atoms with Crippen LogP contribution in [0.4, 0.5) is 0 Å². The van der Waals surface area contributed by atoms with E-state index >= 15 is 0 Å². The molecule has 0 fully saturated rings. The minimum absolute atomic E-state index is 0.155. The highest BCUT2D eigenvalue weighted by atomic mass is 16.5. The Labute approximate surface area is 180 Å². The maximum absolute atomic E-state index is 6.18. The molecule has 3 heteroatoms. The number of methoxy groups -OCH3 is 1. The Bertz CT molecular complexity index is 988. The highest BCUT2D eigenvalue weighted by Crippen LogP contribution is 2.38. The first-order chi connectivity index (χ1) is 14.5. The standard InChI is InChI=1S/C27H31NO2/c1-27(2,3)22-12-10-20(11-13-22)26-23-17-25(30-18-19-8-6-5-7-9-19)24(29-4)16-21(23)14-15-28-26/h5-13,16-17,26,28H,14-15,18H2,1-4H3. The fourth-order valence-electron chi connectivity index (χ4n) is 4.04. The van der Waals surface area contributed by atoms with E-state index in [1.807, 2.05) is 18.2 Å². The van der Waals surface area contributed by atoms with Crippen LogP contribution in [0.25, 0.3) is 0 Å². The van der Waals surface area contributed by atoms with Gasteiger partial charge in [-0.2, -0.15) is 0 Å². The van der Waals surface area contributed by atoms with Gasteiger partial charge in [-0.25, -0.2) is 0 Å². The lowest BCUT2D eigenvalue weighted by atomic mass is 9.84. The summed E-state index contributed by atoms with van der Waals surface area (Å²) in [5, 5.41) is 3.69. The molecule has 3 aromatic rings. The molecule has 0 amide bonds. The van der Waals surface area contributed by atoms with Gasteiger partial charge in [0.15, 0.2) is 11.5 Å². The van der Waals surface area contributed by atoms with E-state index in [1.54, 1.807) is 7.11 Å². The van der Waals surface area contributed by atoms with Gasteiger partial charge in [0.2, 0.25) is 0 Å². The molecule has 1 aliphatic heterocycles. The molecule has 0 aromatic heterocycles. The molecular weight excluding hydrogens is 370 g/mol. The molecule has 3 nitrogen and oxygen atoms in total.